The third kappa shape index (κ3) is 2.64. The van der Waals surface area contributed by atoms with Crippen LogP contribution in [0.5, 0.6) is 0 Å². The summed E-state index contributed by atoms with van der Waals surface area (Å²) in [6.07, 6.45) is 2.01. The molecule has 5 heteroatoms. The number of nitrogens with one attached hydrogen (secondary N) is 1. The molecule has 3 nitrogen and oxygen atoms in total. The number of rotatable bonds is 3. The predicted octanol–water partition coefficient (Wildman–Crippen LogP) is 4.37. The number of hydrogen-bond donors (Lipinski definition) is 1. The van der Waals surface area contributed by atoms with E-state index in [1.54, 1.807) is 0 Å². The van der Waals surface area contributed by atoms with Gasteiger partial charge in [0.05, 0.1) is 20.9 Å². The quantitative estimate of drug-likeness (QED) is 0.911. The lowest BCUT2D eigenvalue weighted by molar-refractivity contribution is 0.771. The van der Waals surface area contributed by atoms with Gasteiger partial charge in [0, 0.05) is 12.7 Å². The van der Waals surface area contributed by atoms with Crippen LogP contribution < -0.4 is 5.32 Å². The predicted molar refractivity (Wildman–Crippen MR) is 75.1 cm³/mol. The van der Waals surface area contributed by atoms with Gasteiger partial charge in [-0.15, -0.1) is 0 Å². The highest BCUT2D eigenvalue weighted by Gasteiger charge is 2.08. The maximum absolute atomic E-state index is 6.04. The van der Waals surface area contributed by atoms with E-state index in [1.807, 2.05) is 31.3 Å². The highest BCUT2D eigenvalue weighted by Crippen LogP contribution is 2.31. The first-order valence-corrected chi connectivity index (χ1v) is 6.53. The van der Waals surface area contributed by atoms with E-state index in [1.165, 1.54) is 0 Å². The molecule has 0 saturated heterocycles. The second-order valence-electron chi connectivity index (χ2n) is 3.72. The van der Waals surface area contributed by atoms with Crippen LogP contribution in [0.2, 0.25) is 5.02 Å². The molecule has 0 fully saturated rings. The molecule has 0 aliphatic heterocycles. The molecule has 2 rings (SSSR count). The fraction of sp³-hybridized carbons (Fsp3) is 0.250. The van der Waals surface area contributed by atoms with Crippen molar-refractivity contribution < 1.29 is 0 Å². The molecule has 1 N–H and O–H groups in total. The fourth-order valence-corrected chi connectivity index (χ4v) is 2.15. The lowest BCUT2D eigenvalue weighted by Gasteiger charge is -2.10. The van der Waals surface area contributed by atoms with Crippen molar-refractivity contribution in [3.8, 4) is 0 Å². The minimum absolute atomic E-state index is 0.682. The van der Waals surface area contributed by atoms with E-state index in [2.05, 4.69) is 37.7 Å². The molecule has 0 bridgehead atoms. The molecule has 17 heavy (non-hydrogen) atoms. The zero-order valence-electron chi connectivity index (χ0n) is 9.67. The van der Waals surface area contributed by atoms with Gasteiger partial charge < -0.3 is 9.88 Å². The Hall–Kier alpha value is -1.000. The Bertz CT molecular complexity index is 537. The Morgan fingerprint density at radius 2 is 2.24 bits per heavy atom. The Morgan fingerprint density at radius 3 is 2.94 bits per heavy atom. The lowest BCUT2D eigenvalue weighted by atomic mass is 10.3. The van der Waals surface area contributed by atoms with Crippen molar-refractivity contribution in [1.29, 1.82) is 0 Å². The van der Waals surface area contributed by atoms with Gasteiger partial charge in [0.15, 0.2) is 0 Å². The molecular weight excluding hydrogens is 302 g/mol. The minimum Gasteiger partial charge on any atom is -0.325 e. The SMILES string of the molecule is CCn1cc(C)nc1Nc1cccc(Cl)c1Br. The number of imidazole rings is 1. The molecule has 0 atom stereocenters. The van der Waals surface area contributed by atoms with E-state index in [0.29, 0.717) is 5.02 Å². The summed E-state index contributed by atoms with van der Waals surface area (Å²) in [5.74, 6) is 0.827. The third-order valence-electron chi connectivity index (χ3n) is 2.44. The highest BCUT2D eigenvalue weighted by atomic mass is 79.9. The van der Waals surface area contributed by atoms with Gasteiger partial charge in [-0.2, -0.15) is 0 Å². The monoisotopic (exact) mass is 313 g/mol. The Kier molecular flexibility index (Phi) is 3.74. The van der Waals surface area contributed by atoms with Crippen molar-refractivity contribution in [3.63, 3.8) is 0 Å². The van der Waals surface area contributed by atoms with Gasteiger partial charge in [-0.25, -0.2) is 4.98 Å². The molecule has 2 aromatic rings. The zero-order chi connectivity index (χ0) is 12.4. The van der Waals surface area contributed by atoms with Gasteiger partial charge in [0.2, 0.25) is 5.95 Å². The number of aryl methyl sites for hydroxylation is 2. The van der Waals surface area contributed by atoms with E-state index in [9.17, 15) is 0 Å². The molecule has 0 amide bonds. The molecule has 0 spiro atoms. The number of halogens is 2. The number of nitrogens with zero attached hydrogens (tertiary/aromatic N) is 2. The molecule has 0 aliphatic rings. The first-order chi connectivity index (χ1) is 8.11. The summed E-state index contributed by atoms with van der Waals surface area (Å²) >= 11 is 9.50. The summed E-state index contributed by atoms with van der Waals surface area (Å²) in [5.41, 5.74) is 1.91. The summed E-state index contributed by atoms with van der Waals surface area (Å²) in [5, 5.41) is 3.96. The van der Waals surface area contributed by atoms with Gasteiger partial charge in [-0.3, -0.25) is 0 Å². The van der Waals surface area contributed by atoms with Crippen LogP contribution in [0.1, 0.15) is 12.6 Å². The van der Waals surface area contributed by atoms with Crippen LogP contribution >= 0.6 is 27.5 Å². The van der Waals surface area contributed by atoms with Crippen LogP contribution in [0.15, 0.2) is 28.9 Å². The zero-order valence-corrected chi connectivity index (χ0v) is 12.0. The molecule has 1 aromatic heterocycles. The number of hydrogen-bond acceptors (Lipinski definition) is 2. The van der Waals surface area contributed by atoms with Crippen molar-refractivity contribution >= 4 is 39.2 Å². The van der Waals surface area contributed by atoms with Crippen LogP contribution in [0.4, 0.5) is 11.6 Å². The van der Waals surface area contributed by atoms with Crippen LogP contribution in [-0.4, -0.2) is 9.55 Å². The largest absolute Gasteiger partial charge is 0.325 e. The van der Waals surface area contributed by atoms with Crippen LogP contribution in [0.25, 0.3) is 0 Å². The summed E-state index contributed by atoms with van der Waals surface area (Å²) < 4.78 is 2.91. The first-order valence-electron chi connectivity index (χ1n) is 5.36. The van der Waals surface area contributed by atoms with Crippen LogP contribution in [-0.2, 0) is 6.54 Å². The second kappa shape index (κ2) is 5.10. The minimum atomic E-state index is 0.682. The molecule has 0 saturated carbocycles. The summed E-state index contributed by atoms with van der Waals surface area (Å²) in [7, 11) is 0. The van der Waals surface area contributed by atoms with Crippen molar-refractivity contribution in [2.75, 3.05) is 5.32 Å². The van der Waals surface area contributed by atoms with E-state index in [4.69, 9.17) is 11.6 Å². The Balaban J connectivity index is 2.34. The standard InChI is InChI=1S/C12H13BrClN3/c1-3-17-7-8(2)15-12(17)16-10-6-4-5-9(14)11(10)13/h4-7H,3H2,1-2H3,(H,15,16). The Morgan fingerprint density at radius 1 is 1.47 bits per heavy atom. The van der Waals surface area contributed by atoms with Crippen LogP contribution in [0, 0.1) is 6.92 Å². The van der Waals surface area contributed by atoms with E-state index in [0.717, 1.165) is 28.3 Å². The van der Waals surface area contributed by atoms with E-state index >= 15 is 0 Å². The first kappa shape index (κ1) is 12.5. The van der Waals surface area contributed by atoms with Crippen molar-refractivity contribution in [2.45, 2.75) is 20.4 Å². The summed E-state index contributed by atoms with van der Waals surface area (Å²) in [6, 6.07) is 5.70. The molecule has 0 radical (unpaired) electrons. The normalized spacial score (nSPS) is 10.6. The van der Waals surface area contributed by atoms with Gasteiger partial charge in [0.1, 0.15) is 0 Å². The van der Waals surface area contributed by atoms with Crippen molar-refractivity contribution in [3.05, 3.63) is 39.6 Å². The second-order valence-corrected chi connectivity index (χ2v) is 4.92. The number of anilines is 2. The number of benzene rings is 1. The maximum atomic E-state index is 6.04. The molecule has 1 heterocycles. The van der Waals surface area contributed by atoms with Gasteiger partial charge >= 0.3 is 0 Å². The average Bonchev–Trinajstić information content (AvgIpc) is 2.65. The summed E-state index contributed by atoms with van der Waals surface area (Å²) in [6.45, 7) is 4.94. The van der Waals surface area contributed by atoms with Crippen LogP contribution in [0.3, 0.4) is 0 Å². The Labute approximate surface area is 114 Å². The molecular formula is C12H13BrClN3. The smallest absolute Gasteiger partial charge is 0.207 e. The fourth-order valence-electron chi connectivity index (χ4n) is 1.61. The third-order valence-corrected chi connectivity index (χ3v) is 3.83. The number of aromatic nitrogens is 2. The summed E-state index contributed by atoms with van der Waals surface area (Å²) in [4.78, 5) is 4.44. The lowest BCUT2D eigenvalue weighted by Crippen LogP contribution is -2.01. The van der Waals surface area contributed by atoms with Crippen molar-refractivity contribution in [2.24, 2.45) is 0 Å². The van der Waals surface area contributed by atoms with Gasteiger partial charge in [-0.05, 0) is 41.9 Å². The molecule has 0 aliphatic carbocycles. The average molecular weight is 315 g/mol. The molecule has 1 aromatic carbocycles. The van der Waals surface area contributed by atoms with Gasteiger partial charge in [0.25, 0.3) is 0 Å². The molecule has 90 valence electrons. The van der Waals surface area contributed by atoms with E-state index < -0.39 is 0 Å². The van der Waals surface area contributed by atoms with Crippen molar-refractivity contribution in [1.82, 2.24) is 9.55 Å². The maximum Gasteiger partial charge on any atom is 0.207 e. The van der Waals surface area contributed by atoms with Gasteiger partial charge in [-0.1, -0.05) is 17.7 Å². The highest BCUT2D eigenvalue weighted by molar-refractivity contribution is 9.10. The molecule has 0 unspecified atom stereocenters. The van der Waals surface area contributed by atoms with E-state index in [-0.39, 0.29) is 0 Å². The topological polar surface area (TPSA) is 29.9 Å².